The molecule has 172 valence electrons. The molecule has 1 saturated heterocycles. The molecule has 0 bridgehead atoms. The van der Waals surface area contributed by atoms with E-state index in [1.165, 1.54) is 19.2 Å². The van der Waals surface area contributed by atoms with E-state index < -0.39 is 59.4 Å². The molecule has 2 amide bonds. The molecular weight excluding hydrogens is 441 g/mol. The number of alkyl halides is 3. The summed E-state index contributed by atoms with van der Waals surface area (Å²) in [7, 11) is 1.03. The van der Waals surface area contributed by atoms with Gasteiger partial charge in [0.2, 0.25) is 5.82 Å². The first kappa shape index (κ1) is 23.4. The van der Waals surface area contributed by atoms with Crippen LogP contribution in [0.5, 0.6) is 5.75 Å². The van der Waals surface area contributed by atoms with Crippen LogP contribution >= 0.6 is 0 Å². The minimum absolute atomic E-state index is 0.0292. The molecule has 32 heavy (non-hydrogen) atoms. The van der Waals surface area contributed by atoms with Crippen LogP contribution in [0.25, 0.3) is 0 Å². The Morgan fingerprint density at radius 3 is 2.50 bits per heavy atom. The van der Waals surface area contributed by atoms with Crippen LogP contribution in [-0.2, 0) is 9.53 Å². The van der Waals surface area contributed by atoms with Gasteiger partial charge in [-0.25, -0.2) is 4.39 Å². The minimum Gasteiger partial charge on any atom is -0.493 e. The summed E-state index contributed by atoms with van der Waals surface area (Å²) in [6.45, 7) is 1.19. The van der Waals surface area contributed by atoms with Crippen molar-refractivity contribution in [1.29, 1.82) is 0 Å². The third-order valence-corrected chi connectivity index (χ3v) is 5.17. The number of hydrogen-bond donors (Lipinski definition) is 2. The van der Waals surface area contributed by atoms with E-state index in [0.717, 1.165) is 25.3 Å². The summed E-state index contributed by atoms with van der Waals surface area (Å²) in [6, 6.07) is 4.21. The van der Waals surface area contributed by atoms with E-state index in [-0.39, 0.29) is 16.9 Å². The van der Waals surface area contributed by atoms with Gasteiger partial charge in [-0.3, -0.25) is 14.6 Å². The van der Waals surface area contributed by atoms with Gasteiger partial charge in [-0.1, -0.05) is 13.0 Å². The third-order valence-electron chi connectivity index (χ3n) is 5.17. The summed E-state index contributed by atoms with van der Waals surface area (Å²) in [5.74, 6) is -7.83. The summed E-state index contributed by atoms with van der Waals surface area (Å²) in [5.41, 5.74) is 4.82. The van der Waals surface area contributed by atoms with E-state index in [1.807, 2.05) is 0 Å². The van der Waals surface area contributed by atoms with Gasteiger partial charge in [0.15, 0.2) is 17.7 Å². The summed E-state index contributed by atoms with van der Waals surface area (Å²) >= 11 is 0. The van der Waals surface area contributed by atoms with Gasteiger partial charge in [-0.15, -0.1) is 0 Å². The molecule has 0 radical (unpaired) electrons. The molecule has 2 heterocycles. The van der Waals surface area contributed by atoms with E-state index in [1.54, 1.807) is 0 Å². The lowest BCUT2D eigenvalue weighted by molar-refractivity contribution is -0.221. The number of nitrogens with two attached hydrogens (primary N) is 1. The number of rotatable bonds is 5. The molecule has 1 aliphatic rings. The topological polar surface area (TPSA) is 104 Å². The Balaban J connectivity index is 2.02. The smallest absolute Gasteiger partial charge is 0.414 e. The van der Waals surface area contributed by atoms with Crippen LogP contribution in [0.15, 0.2) is 30.5 Å². The molecule has 0 aliphatic carbocycles. The molecule has 2 aromatic rings. The van der Waals surface area contributed by atoms with Gasteiger partial charge in [0.1, 0.15) is 11.8 Å². The number of carbonyl (C=O) groups is 2. The van der Waals surface area contributed by atoms with Crippen LogP contribution < -0.4 is 15.8 Å². The largest absolute Gasteiger partial charge is 0.493 e. The van der Waals surface area contributed by atoms with Crippen LogP contribution in [-0.4, -0.2) is 42.3 Å². The van der Waals surface area contributed by atoms with E-state index in [9.17, 15) is 31.5 Å². The fourth-order valence-electron chi connectivity index (χ4n) is 3.75. The predicted octanol–water partition coefficient (Wildman–Crippen LogP) is 3.16. The maximum Gasteiger partial charge on any atom is 0.414 e. The van der Waals surface area contributed by atoms with Crippen LogP contribution in [0.3, 0.4) is 0 Å². The molecule has 3 rings (SSSR count). The van der Waals surface area contributed by atoms with Gasteiger partial charge in [-0.05, 0) is 18.2 Å². The molecule has 0 saturated carbocycles. The van der Waals surface area contributed by atoms with Crippen LogP contribution in [0.4, 0.5) is 27.6 Å². The Hall–Kier alpha value is -3.28. The Labute approximate surface area is 178 Å². The molecule has 0 spiro atoms. The van der Waals surface area contributed by atoms with Crippen LogP contribution in [0, 0.1) is 17.6 Å². The monoisotopic (exact) mass is 459 g/mol. The fourth-order valence-corrected chi connectivity index (χ4v) is 3.75. The van der Waals surface area contributed by atoms with Crippen LogP contribution in [0.2, 0.25) is 0 Å². The second-order valence-corrected chi connectivity index (χ2v) is 7.17. The molecular formula is C20H18F5N3O4. The van der Waals surface area contributed by atoms with Gasteiger partial charge in [0.05, 0.1) is 7.11 Å². The van der Waals surface area contributed by atoms with Crippen LogP contribution in [0.1, 0.15) is 28.9 Å². The SMILES string of the molecule is COc1c(C2[C@H](C(=O)Nc3ccnc(C(N)=O)c3)O[C@@H](C(F)(F)F)[C@H]2C)ccc(F)c1F. The quantitative estimate of drug-likeness (QED) is 0.669. The molecule has 7 nitrogen and oxygen atoms in total. The first-order valence-electron chi connectivity index (χ1n) is 9.26. The molecule has 1 aromatic carbocycles. The van der Waals surface area contributed by atoms with Crippen molar-refractivity contribution in [3.63, 3.8) is 0 Å². The predicted molar refractivity (Wildman–Crippen MR) is 101 cm³/mol. The van der Waals surface area contributed by atoms with Gasteiger partial charge < -0.3 is 20.5 Å². The zero-order chi connectivity index (χ0) is 23.8. The molecule has 12 heteroatoms. The lowest BCUT2D eigenvalue weighted by Crippen LogP contribution is -2.35. The number of carbonyl (C=O) groups excluding carboxylic acids is 2. The minimum atomic E-state index is -4.83. The second-order valence-electron chi connectivity index (χ2n) is 7.17. The van der Waals surface area contributed by atoms with Crippen molar-refractivity contribution in [2.75, 3.05) is 12.4 Å². The number of halogens is 5. The van der Waals surface area contributed by atoms with Crippen molar-refractivity contribution < 1.29 is 41.0 Å². The second kappa shape index (κ2) is 8.69. The zero-order valence-corrected chi connectivity index (χ0v) is 16.7. The Kier molecular flexibility index (Phi) is 6.35. The number of hydrogen-bond acceptors (Lipinski definition) is 5. The average molecular weight is 459 g/mol. The molecule has 3 N–H and O–H groups in total. The van der Waals surface area contributed by atoms with E-state index in [4.69, 9.17) is 15.2 Å². The normalized spacial score (nSPS) is 23.1. The van der Waals surface area contributed by atoms with Crippen molar-refractivity contribution >= 4 is 17.5 Å². The molecule has 1 fully saturated rings. The lowest BCUT2D eigenvalue weighted by atomic mass is 9.81. The number of methoxy groups -OCH3 is 1. The van der Waals surface area contributed by atoms with Crippen molar-refractivity contribution in [2.24, 2.45) is 11.7 Å². The summed E-state index contributed by atoms with van der Waals surface area (Å²) < 4.78 is 78.5. The Bertz CT molecular complexity index is 1050. The number of benzene rings is 1. The molecule has 1 aromatic heterocycles. The highest BCUT2D eigenvalue weighted by Gasteiger charge is 2.57. The number of ether oxygens (including phenoxy) is 2. The molecule has 1 aliphatic heterocycles. The number of amides is 2. The Morgan fingerprint density at radius 1 is 1.22 bits per heavy atom. The van der Waals surface area contributed by atoms with Gasteiger partial charge >= 0.3 is 6.18 Å². The van der Waals surface area contributed by atoms with E-state index in [0.29, 0.717) is 0 Å². The average Bonchev–Trinajstić information content (AvgIpc) is 3.07. The highest BCUT2D eigenvalue weighted by atomic mass is 19.4. The third kappa shape index (κ3) is 4.35. The maximum absolute atomic E-state index is 14.3. The summed E-state index contributed by atoms with van der Waals surface area (Å²) in [4.78, 5) is 27.9. The maximum atomic E-state index is 14.3. The van der Waals surface area contributed by atoms with Gasteiger partial charge in [-0.2, -0.15) is 17.6 Å². The number of pyridine rings is 1. The van der Waals surface area contributed by atoms with Crippen molar-refractivity contribution in [2.45, 2.75) is 31.2 Å². The standard InChI is InChI=1S/C20H18F5N3O4/c1-8-13(10-3-4-11(21)14(22)15(10)31-2)16(32-17(8)20(23,24)25)19(30)28-9-5-6-27-12(7-9)18(26)29/h3-8,13,16-17H,1-2H3,(H2,26,29)(H,27,28,30)/t8-,13?,16+,17+/m0/s1. The van der Waals surface area contributed by atoms with Gasteiger partial charge in [0, 0.05) is 29.3 Å². The number of nitrogens with one attached hydrogen (secondary N) is 1. The first-order chi connectivity index (χ1) is 15.0. The zero-order valence-electron chi connectivity index (χ0n) is 16.7. The lowest BCUT2D eigenvalue weighted by Gasteiger charge is -2.24. The number of nitrogens with zero attached hydrogens (tertiary/aromatic N) is 1. The number of aromatic nitrogens is 1. The highest BCUT2D eigenvalue weighted by Crippen LogP contribution is 2.49. The summed E-state index contributed by atoms with van der Waals surface area (Å²) in [6.07, 6.45) is -7.74. The molecule has 1 unspecified atom stereocenters. The fraction of sp³-hybridized carbons (Fsp3) is 0.350. The number of primary amides is 1. The van der Waals surface area contributed by atoms with E-state index in [2.05, 4.69) is 10.3 Å². The number of anilines is 1. The van der Waals surface area contributed by atoms with Crippen molar-refractivity contribution in [3.05, 3.63) is 53.4 Å². The first-order valence-corrected chi connectivity index (χ1v) is 9.26. The molecule has 4 atom stereocenters. The van der Waals surface area contributed by atoms with Crippen molar-refractivity contribution in [1.82, 2.24) is 4.98 Å². The highest BCUT2D eigenvalue weighted by molar-refractivity contribution is 5.97. The van der Waals surface area contributed by atoms with Gasteiger partial charge in [0.25, 0.3) is 11.8 Å². The Morgan fingerprint density at radius 2 is 1.91 bits per heavy atom. The van der Waals surface area contributed by atoms with E-state index >= 15 is 0 Å². The van der Waals surface area contributed by atoms with Crippen molar-refractivity contribution in [3.8, 4) is 5.75 Å². The summed E-state index contributed by atoms with van der Waals surface area (Å²) in [5, 5.41) is 2.35.